The molecule has 0 aromatic carbocycles. The van der Waals surface area contributed by atoms with Crippen molar-refractivity contribution in [2.45, 2.75) is 18.6 Å². The molecule has 1 aliphatic rings. The van der Waals surface area contributed by atoms with Crippen LogP contribution in [0.1, 0.15) is 6.42 Å². The highest BCUT2D eigenvalue weighted by Crippen LogP contribution is 2.19. The second kappa shape index (κ2) is 3.58. The van der Waals surface area contributed by atoms with Crippen LogP contribution in [0.15, 0.2) is 0 Å². The number of amides is 1. The van der Waals surface area contributed by atoms with Crippen LogP contribution in [0.25, 0.3) is 0 Å². The van der Waals surface area contributed by atoms with Crippen molar-refractivity contribution in [2.24, 2.45) is 5.90 Å². The monoisotopic (exact) mass is 190 g/mol. The summed E-state index contributed by atoms with van der Waals surface area (Å²) in [5, 5.41) is 17.3. The number of carboxylic acid groups (broad SMARTS) is 2. The smallest absolute Gasteiger partial charge is 0.408 e. The van der Waals surface area contributed by atoms with Crippen molar-refractivity contribution in [3.8, 4) is 0 Å². The summed E-state index contributed by atoms with van der Waals surface area (Å²) >= 11 is 0. The van der Waals surface area contributed by atoms with E-state index in [1.165, 1.54) is 0 Å². The second-order valence-electron chi connectivity index (χ2n) is 2.78. The average Bonchev–Trinajstić information content (AvgIpc) is 2.47. The predicted molar refractivity (Wildman–Crippen MR) is 39.8 cm³/mol. The maximum atomic E-state index is 10.6. The fourth-order valence-electron chi connectivity index (χ4n) is 1.34. The van der Waals surface area contributed by atoms with Gasteiger partial charge in [0.1, 0.15) is 6.04 Å². The molecule has 0 bridgehead atoms. The van der Waals surface area contributed by atoms with Crippen LogP contribution in [0.3, 0.4) is 0 Å². The summed E-state index contributed by atoms with van der Waals surface area (Å²) in [6.07, 6.45) is -1.71. The zero-order valence-electron chi connectivity index (χ0n) is 6.71. The molecule has 0 unspecified atom stereocenters. The number of carboxylic acids is 1. The molecule has 0 aliphatic carbocycles. The molecule has 7 heteroatoms. The molecule has 0 aromatic rings. The van der Waals surface area contributed by atoms with Crippen LogP contribution in [-0.2, 0) is 9.63 Å². The molecule has 0 radical (unpaired) electrons. The third kappa shape index (κ3) is 1.87. The first-order valence-corrected chi connectivity index (χ1v) is 3.64. The maximum absolute atomic E-state index is 10.6. The molecule has 1 saturated heterocycles. The molecule has 2 atom stereocenters. The number of nitrogens with two attached hydrogens (primary N) is 1. The Morgan fingerprint density at radius 2 is 2.08 bits per heavy atom. The second-order valence-corrected chi connectivity index (χ2v) is 2.78. The summed E-state index contributed by atoms with van der Waals surface area (Å²) in [5.41, 5.74) is 0. The molecule has 0 aromatic heterocycles. The van der Waals surface area contributed by atoms with E-state index in [0.717, 1.165) is 4.90 Å². The summed E-state index contributed by atoms with van der Waals surface area (Å²) in [6.45, 7) is 0.00278. The quantitative estimate of drug-likeness (QED) is 0.485. The summed E-state index contributed by atoms with van der Waals surface area (Å²) in [4.78, 5) is 26.3. The van der Waals surface area contributed by atoms with Gasteiger partial charge in [0.25, 0.3) is 0 Å². The number of nitrogens with zero attached hydrogens (tertiary/aromatic N) is 1. The Kier molecular flexibility index (Phi) is 2.69. The molecule has 7 nitrogen and oxygen atoms in total. The summed E-state index contributed by atoms with van der Waals surface area (Å²) in [6, 6.07) is -1.05. The van der Waals surface area contributed by atoms with Crippen LogP contribution in [0.5, 0.6) is 0 Å². The Morgan fingerprint density at radius 1 is 1.46 bits per heavy atom. The molecule has 1 heterocycles. The minimum atomic E-state index is -1.27. The first-order valence-electron chi connectivity index (χ1n) is 3.64. The van der Waals surface area contributed by atoms with Crippen LogP contribution in [0, 0.1) is 0 Å². The lowest BCUT2D eigenvalue weighted by Crippen LogP contribution is -2.39. The first kappa shape index (κ1) is 9.75. The van der Waals surface area contributed by atoms with Crippen LogP contribution in [0.2, 0.25) is 0 Å². The molecular weight excluding hydrogens is 180 g/mol. The standard InChI is InChI=1S/C6H10N2O5/c7-13-3-1-4(5(9)10)8(2-3)6(11)12/h3-4H,1-2,7H2,(H,9,10)(H,11,12)/t3-,4+/m1/s1. The van der Waals surface area contributed by atoms with Gasteiger partial charge in [-0.05, 0) is 0 Å². The highest BCUT2D eigenvalue weighted by atomic mass is 16.6. The maximum Gasteiger partial charge on any atom is 0.408 e. The first-order chi connectivity index (χ1) is 6.06. The van der Waals surface area contributed by atoms with E-state index >= 15 is 0 Å². The molecule has 1 rings (SSSR count). The van der Waals surface area contributed by atoms with Gasteiger partial charge in [0.2, 0.25) is 0 Å². The van der Waals surface area contributed by atoms with E-state index in [0.29, 0.717) is 0 Å². The summed E-state index contributed by atoms with van der Waals surface area (Å²) in [7, 11) is 0. The molecule has 1 fully saturated rings. The molecule has 13 heavy (non-hydrogen) atoms. The Balaban J connectivity index is 2.71. The molecule has 0 spiro atoms. The number of hydrogen-bond donors (Lipinski definition) is 3. The SMILES string of the molecule is NO[C@@H]1C[C@@H](C(=O)O)N(C(=O)O)C1. The van der Waals surface area contributed by atoms with Gasteiger partial charge in [-0.3, -0.25) is 9.74 Å². The van der Waals surface area contributed by atoms with E-state index in [9.17, 15) is 9.59 Å². The van der Waals surface area contributed by atoms with Crippen molar-refractivity contribution in [3.05, 3.63) is 0 Å². The molecule has 0 saturated carbocycles. The highest BCUT2D eigenvalue weighted by Gasteiger charge is 2.40. The average molecular weight is 190 g/mol. The summed E-state index contributed by atoms with van der Waals surface area (Å²) in [5.74, 6) is 3.67. The van der Waals surface area contributed by atoms with Crippen LogP contribution in [0.4, 0.5) is 4.79 Å². The Morgan fingerprint density at radius 3 is 2.38 bits per heavy atom. The fraction of sp³-hybridized carbons (Fsp3) is 0.667. The number of aliphatic carboxylic acids is 1. The molecule has 1 amide bonds. The van der Waals surface area contributed by atoms with Crippen molar-refractivity contribution < 1.29 is 24.6 Å². The van der Waals surface area contributed by atoms with Gasteiger partial charge in [-0.15, -0.1) is 0 Å². The third-order valence-electron chi connectivity index (χ3n) is 1.99. The lowest BCUT2D eigenvalue weighted by atomic mass is 10.2. The van der Waals surface area contributed by atoms with Crippen LogP contribution in [-0.4, -0.2) is 45.9 Å². The van der Waals surface area contributed by atoms with E-state index in [-0.39, 0.29) is 13.0 Å². The van der Waals surface area contributed by atoms with Crippen LogP contribution >= 0.6 is 0 Å². The number of likely N-dealkylation sites (tertiary alicyclic amines) is 1. The molecule has 74 valence electrons. The highest BCUT2D eigenvalue weighted by molar-refractivity contribution is 5.80. The van der Waals surface area contributed by atoms with Crippen molar-refractivity contribution in [1.82, 2.24) is 4.90 Å². The Hall–Kier alpha value is -1.34. The number of hydrogen-bond acceptors (Lipinski definition) is 4. The number of rotatable bonds is 2. The van der Waals surface area contributed by atoms with Crippen molar-refractivity contribution in [3.63, 3.8) is 0 Å². The lowest BCUT2D eigenvalue weighted by Gasteiger charge is -2.16. The molecular formula is C6H10N2O5. The fourth-order valence-corrected chi connectivity index (χ4v) is 1.34. The van der Waals surface area contributed by atoms with E-state index in [1.807, 2.05) is 0 Å². The van der Waals surface area contributed by atoms with Gasteiger partial charge in [-0.25, -0.2) is 15.5 Å². The van der Waals surface area contributed by atoms with Gasteiger partial charge in [0.05, 0.1) is 12.6 Å². The van der Waals surface area contributed by atoms with Crippen molar-refractivity contribution >= 4 is 12.1 Å². The van der Waals surface area contributed by atoms with E-state index in [4.69, 9.17) is 16.1 Å². The minimum Gasteiger partial charge on any atom is -0.480 e. The normalized spacial score (nSPS) is 27.6. The van der Waals surface area contributed by atoms with Crippen molar-refractivity contribution in [2.75, 3.05) is 6.54 Å². The van der Waals surface area contributed by atoms with E-state index in [2.05, 4.69) is 4.84 Å². The van der Waals surface area contributed by atoms with E-state index < -0.39 is 24.2 Å². The Bertz CT molecular complexity index is 209. The summed E-state index contributed by atoms with van der Waals surface area (Å²) < 4.78 is 0. The van der Waals surface area contributed by atoms with Gasteiger partial charge in [-0.2, -0.15) is 0 Å². The van der Waals surface area contributed by atoms with Crippen molar-refractivity contribution in [1.29, 1.82) is 0 Å². The third-order valence-corrected chi connectivity index (χ3v) is 1.99. The van der Waals surface area contributed by atoms with Crippen LogP contribution < -0.4 is 5.90 Å². The van der Waals surface area contributed by atoms with Gasteiger partial charge in [0.15, 0.2) is 0 Å². The zero-order chi connectivity index (χ0) is 10.0. The predicted octanol–water partition coefficient (Wildman–Crippen LogP) is -0.918. The van der Waals surface area contributed by atoms with Gasteiger partial charge in [0, 0.05) is 6.42 Å². The topological polar surface area (TPSA) is 113 Å². The lowest BCUT2D eigenvalue weighted by molar-refractivity contribution is -0.141. The zero-order valence-corrected chi connectivity index (χ0v) is 6.71. The largest absolute Gasteiger partial charge is 0.480 e. The van der Waals surface area contributed by atoms with Gasteiger partial charge >= 0.3 is 12.1 Å². The van der Waals surface area contributed by atoms with Gasteiger partial charge < -0.3 is 10.2 Å². The Labute approximate surface area is 73.6 Å². The number of carbonyl (C=O) groups is 2. The van der Waals surface area contributed by atoms with Gasteiger partial charge in [-0.1, -0.05) is 0 Å². The minimum absolute atomic E-state index is 0.00278. The van der Waals surface area contributed by atoms with E-state index in [1.54, 1.807) is 0 Å². The molecule has 1 aliphatic heterocycles. The molecule has 4 N–H and O–H groups in total.